The van der Waals surface area contributed by atoms with E-state index in [0.717, 1.165) is 11.4 Å². The second-order valence-electron chi connectivity index (χ2n) is 19.0. The summed E-state index contributed by atoms with van der Waals surface area (Å²) >= 11 is 0. The maximum Gasteiger partial charge on any atom is 0.252 e. The monoisotopic (exact) mass is 784 g/mol. The third-order valence-electron chi connectivity index (χ3n) is 13.0. The SMILES string of the molecule is CC(C)(C)c1cc(-c2ccccc2)cc(C(C)(C)C)c1-c1cc2c3c(c1)N(c1ccccc1)c1cc4ccccc4cc1B3c1cc3ccccc3cc1N2c1ccccc1. The Hall–Kier alpha value is -6.84. The molecule has 0 aromatic heterocycles. The Kier molecular flexibility index (Phi) is 8.45. The molecule has 2 nitrogen and oxygen atoms in total. The topological polar surface area (TPSA) is 6.48 Å². The fourth-order valence-corrected chi connectivity index (χ4v) is 10.2. The zero-order valence-electron chi connectivity index (χ0n) is 35.9. The van der Waals surface area contributed by atoms with Crippen LogP contribution in [-0.4, -0.2) is 6.71 Å². The summed E-state index contributed by atoms with van der Waals surface area (Å²) in [6.45, 7) is 14.3. The van der Waals surface area contributed by atoms with Crippen molar-refractivity contribution in [1.82, 2.24) is 0 Å². The Morgan fingerprint density at radius 3 is 1.13 bits per heavy atom. The van der Waals surface area contributed by atoms with Gasteiger partial charge in [-0.2, -0.15) is 0 Å². The van der Waals surface area contributed by atoms with E-state index in [1.807, 2.05) is 0 Å². The molecule has 294 valence electrons. The molecule has 0 fully saturated rings. The van der Waals surface area contributed by atoms with Gasteiger partial charge in [0.1, 0.15) is 0 Å². The Bertz CT molecular complexity index is 2970. The minimum absolute atomic E-state index is 0.00261. The number of anilines is 6. The van der Waals surface area contributed by atoms with Crippen molar-refractivity contribution >= 4 is 78.8 Å². The van der Waals surface area contributed by atoms with Crippen LogP contribution in [0.1, 0.15) is 52.7 Å². The lowest BCUT2D eigenvalue weighted by Gasteiger charge is -2.45. The minimum Gasteiger partial charge on any atom is -0.311 e. The molecule has 0 spiro atoms. The second-order valence-corrected chi connectivity index (χ2v) is 19.0. The summed E-state index contributed by atoms with van der Waals surface area (Å²) in [4.78, 5) is 5.11. The van der Waals surface area contributed by atoms with Gasteiger partial charge in [-0.1, -0.05) is 169 Å². The Labute approximate surface area is 360 Å². The highest BCUT2D eigenvalue weighted by molar-refractivity contribution is 7.00. The van der Waals surface area contributed by atoms with Gasteiger partial charge in [0.25, 0.3) is 6.71 Å². The van der Waals surface area contributed by atoms with E-state index in [1.165, 1.54) is 94.1 Å². The highest BCUT2D eigenvalue weighted by atomic mass is 15.2. The van der Waals surface area contributed by atoms with Crippen molar-refractivity contribution in [2.24, 2.45) is 0 Å². The van der Waals surface area contributed by atoms with Gasteiger partial charge >= 0.3 is 0 Å². The molecule has 0 N–H and O–H groups in total. The van der Waals surface area contributed by atoms with Crippen molar-refractivity contribution in [3.05, 3.63) is 199 Å². The maximum absolute atomic E-state index is 2.56. The smallest absolute Gasteiger partial charge is 0.252 e. The molecule has 2 aliphatic heterocycles. The first-order chi connectivity index (χ1) is 29.5. The maximum atomic E-state index is 2.56. The van der Waals surface area contributed by atoms with Gasteiger partial charge in [0.15, 0.2) is 0 Å². The van der Waals surface area contributed by atoms with Crippen molar-refractivity contribution < 1.29 is 0 Å². The first-order valence-corrected chi connectivity index (χ1v) is 21.7. The highest BCUT2D eigenvalue weighted by Crippen LogP contribution is 2.50. The molecule has 0 amide bonds. The lowest BCUT2D eigenvalue weighted by Crippen LogP contribution is -2.61. The predicted octanol–water partition coefficient (Wildman–Crippen LogP) is 14.0. The van der Waals surface area contributed by atoms with Crippen molar-refractivity contribution in [2.75, 3.05) is 9.80 Å². The summed E-state index contributed by atoms with van der Waals surface area (Å²) in [5.41, 5.74) is 18.6. The van der Waals surface area contributed by atoms with Crippen molar-refractivity contribution in [3.8, 4) is 22.3 Å². The van der Waals surface area contributed by atoms with Gasteiger partial charge in [-0.15, -0.1) is 0 Å². The number of benzene rings is 9. The average Bonchev–Trinajstić information content (AvgIpc) is 3.27. The Morgan fingerprint density at radius 2 is 0.721 bits per heavy atom. The van der Waals surface area contributed by atoms with E-state index < -0.39 is 0 Å². The molecule has 0 saturated carbocycles. The standard InChI is InChI=1S/C58H49BN2/c1-57(2,3)47-30-43(38-20-10-7-11-21-38)31-48(58(4,5)6)55(47)44-36-53-56-54(37-44)61(46-28-14-9-15-29-46)52-35-42-25-19-17-23-40(42)33-50(52)59(56)49-32-39-22-16-18-24-41(39)34-51(49)60(53)45-26-12-8-13-27-45/h7-37H,1-6H3. The first-order valence-electron chi connectivity index (χ1n) is 21.7. The van der Waals surface area contributed by atoms with Gasteiger partial charge in [0, 0.05) is 34.1 Å². The Morgan fingerprint density at radius 1 is 0.344 bits per heavy atom. The minimum atomic E-state index is -0.148. The fourth-order valence-electron chi connectivity index (χ4n) is 10.2. The number of hydrogen-bond acceptors (Lipinski definition) is 2. The van der Waals surface area contributed by atoms with E-state index in [9.17, 15) is 0 Å². The lowest BCUT2D eigenvalue weighted by atomic mass is 9.33. The van der Waals surface area contributed by atoms with E-state index >= 15 is 0 Å². The summed E-state index contributed by atoms with van der Waals surface area (Å²) < 4.78 is 0. The number of nitrogens with zero attached hydrogens (tertiary/aromatic N) is 2. The van der Waals surface area contributed by atoms with Crippen molar-refractivity contribution in [2.45, 2.75) is 52.4 Å². The fraction of sp³-hybridized carbons (Fsp3) is 0.138. The average molecular weight is 785 g/mol. The van der Waals surface area contributed by atoms with E-state index in [2.05, 4.69) is 239 Å². The molecule has 3 heteroatoms. The third kappa shape index (κ3) is 6.09. The molecule has 0 bridgehead atoms. The van der Waals surface area contributed by atoms with Crippen LogP contribution in [0.15, 0.2) is 188 Å². The van der Waals surface area contributed by atoms with E-state index in [0.29, 0.717) is 0 Å². The molecule has 11 rings (SSSR count). The largest absolute Gasteiger partial charge is 0.311 e. The van der Waals surface area contributed by atoms with Crippen LogP contribution in [0.5, 0.6) is 0 Å². The van der Waals surface area contributed by atoms with E-state index in [1.54, 1.807) is 0 Å². The summed E-state index contributed by atoms with van der Waals surface area (Å²) in [5, 5.41) is 4.99. The lowest BCUT2D eigenvalue weighted by molar-refractivity contribution is 0.572. The van der Waals surface area contributed by atoms with Crippen LogP contribution >= 0.6 is 0 Å². The third-order valence-corrected chi connectivity index (χ3v) is 13.0. The van der Waals surface area contributed by atoms with E-state index in [4.69, 9.17) is 0 Å². The summed E-state index contributed by atoms with van der Waals surface area (Å²) in [5.74, 6) is 0. The molecule has 61 heavy (non-hydrogen) atoms. The molecule has 0 atom stereocenters. The molecule has 2 heterocycles. The zero-order valence-corrected chi connectivity index (χ0v) is 35.9. The second kappa shape index (κ2) is 13.9. The van der Waals surface area contributed by atoms with Gasteiger partial charge in [-0.3, -0.25) is 0 Å². The number of hydrogen-bond donors (Lipinski definition) is 0. The van der Waals surface area contributed by atoms with Gasteiger partial charge in [0.2, 0.25) is 0 Å². The molecule has 2 aliphatic rings. The quantitative estimate of drug-likeness (QED) is 0.164. The van der Waals surface area contributed by atoms with Crippen molar-refractivity contribution in [3.63, 3.8) is 0 Å². The molecule has 9 aromatic carbocycles. The van der Waals surface area contributed by atoms with Crippen LogP contribution in [0.25, 0.3) is 43.8 Å². The van der Waals surface area contributed by atoms with Crippen LogP contribution in [0.4, 0.5) is 34.1 Å². The predicted molar refractivity (Wildman–Crippen MR) is 264 cm³/mol. The summed E-state index contributed by atoms with van der Waals surface area (Å²) in [7, 11) is 0. The molecule has 0 unspecified atom stereocenters. The van der Waals surface area contributed by atoms with Crippen LogP contribution in [0, 0.1) is 0 Å². The molecule has 0 saturated heterocycles. The van der Waals surface area contributed by atoms with Gasteiger partial charge in [0.05, 0.1) is 0 Å². The summed E-state index contributed by atoms with van der Waals surface area (Å²) in [6.07, 6.45) is 0. The zero-order chi connectivity index (χ0) is 41.6. The first kappa shape index (κ1) is 37.2. The van der Waals surface area contributed by atoms with Crippen LogP contribution in [0.2, 0.25) is 0 Å². The molecule has 9 aromatic rings. The number of rotatable bonds is 4. The van der Waals surface area contributed by atoms with Crippen LogP contribution in [0.3, 0.4) is 0 Å². The van der Waals surface area contributed by atoms with Crippen molar-refractivity contribution in [1.29, 1.82) is 0 Å². The van der Waals surface area contributed by atoms with Crippen LogP contribution in [-0.2, 0) is 10.8 Å². The number of fused-ring (bicyclic) bond motifs is 6. The summed E-state index contributed by atoms with van der Waals surface area (Å²) in [6, 6.07) is 70.5. The molecular formula is C58H49BN2. The normalized spacial score (nSPS) is 13.3. The van der Waals surface area contributed by atoms with Gasteiger partial charge < -0.3 is 9.80 Å². The van der Waals surface area contributed by atoms with Gasteiger partial charge in [-0.25, -0.2) is 0 Å². The van der Waals surface area contributed by atoms with E-state index in [-0.39, 0.29) is 17.5 Å². The van der Waals surface area contributed by atoms with Crippen LogP contribution < -0.4 is 26.2 Å². The van der Waals surface area contributed by atoms with Gasteiger partial charge in [-0.05, 0) is 143 Å². The molecule has 0 aliphatic carbocycles. The molecular weight excluding hydrogens is 735 g/mol. The highest BCUT2D eigenvalue weighted by Gasteiger charge is 2.44. The molecule has 0 radical (unpaired) electrons. The number of para-hydroxylation sites is 2. The Balaban J connectivity index is 1.32.